The first-order chi connectivity index (χ1) is 10.2. The molecular weight excluding hydrogens is 293 g/mol. The Balaban J connectivity index is 2.07. The highest BCUT2D eigenvalue weighted by Crippen LogP contribution is 2.21. The van der Waals surface area contributed by atoms with E-state index in [1.54, 1.807) is 19.4 Å². The summed E-state index contributed by atoms with van der Waals surface area (Å²) in [5, 5.41) is 0. The molecule has 0 aliphatic carbocycles. The van der Waals surface area contributed by atoms with Gasteiger partial charge in [0, 0.05) is 18.8 Å². The third-order valence-electron chi connectivity index (χ3n) is 3.26. The molecule has 6 heteroatoms. The number of fused-ring (bicyclic) bond motifs is 1. The molecule has 0 aliphatic heterocycles. The predicted octanol–water partition coefficient (Wildman–Crippen LogP) is 3.37. The Morgan fingerprint density at radius 2 is 2.14 bits per heavy atom. The summed E-state index contributed by atoms with van der Waals surface area (Å²) in [6.45, 7) is 0.529. The lowest BCUT2D eigenvalue weighted by atomic mass is 10.2. The van der Waals surface area contributed by atoms with Crippen molar-refractivity contribution in [3.05, 3.63) is 53.7 Å². The third-order valence-corrected chi connectivity index (χ3v) is 3.50. The van der Waals surface area contributed by atoms with Gasteiger partial charge in [-0.3, -0.25) is 0 Å². The molecule has 0 saturated carbocycles. The lowest BCUT2D eigenvalue weighted by Crippen LogP contribution is -2.04. The topological polar surface area (TPSA) is 39.9 Å². The largest absolute Gasteiger partial charge is 0.481 e. The number of pyridine rings is 1. The van der Waals surface area contributed by atoms with E-state index < -0.39 is 0 Å². The van der Waals surface area contributed by atoms with Crippen LogP contribution in [-0.4, -0.2) is 21.6 Å². The minimum absolute atomic E-state index is 0.262. The predicted molar refractivity (Wildman–Crippen MR) is 79.1 cm³/mol. The number of halogens is 2. The average molecular weight is 306 g/mol. The van der Waals surface area contributed by atoms with Crippen LogP contribution in [0.1, 0.15) is 11.4 Å². The molecule has 0 atom stereocenters. The van der Waals surface area contributed by atoms with Crippen molar-refractivity contribution in [1.82, 2.24) is 14.5 Å². The summed E-state index contributed by atoms with van der Waals surface area (Å²) >= 11 is 5.95. The SMILES string of the molecule is COc1cc(Cn2c(CCl)nc3ccc(F)cc32)ccn1. The minimum Gasteiger partial charge on any atom is -0.481 e. The first-order valence-corrected chi connectivity index (χ1v) is 6.94. The van der Waals surface area contributed by atoms with Crippen molar-refractivity contribution < 1.29 is 9.13 Å². The number of nitrogens with zero attached hydrogens (tertiary/aromatic N) is 3. The van der Waals surface area contributed by atoms with Crippen molar-refractivity contribution >= 4 is 22.6 Å². The summed E-state index contributed by atoms with van der Waals surface area (Å²) in [7, 11) is 1.57. The van der Waals surface area contributed by atoms with Gasteiger partial charge < -0.3 is 9.30 Å². The van der Waals surface area contributed by atoms with Crippen LogP contribution in [0.3, 0.4) is 0 Å². The van der Waals surface area contributed by atoms with Crippen molar-refractivity contribution in [2.45, 2.75) is 12.4 Å². The van der Waals surface area contributed by atoms with Crippen LogP contribution in [0.15, 0.2) is 36.5 Å². The van der Waals surface area contributed by atoms with Crippen molar-refractivity contribution in [2.75, 3.05) is 7.11 Å². The zero-order chi connectivity index (χ0) is 14.8. The Kier molecular flexibility index (Phi) is 3.75. The fourth-order valence-electron chi connectivity index (χ4n) is 2.27. The van der Waals surface area contributed by atoms with Gasteiger partial charge in [0.25, 0.3) is 0 Å². The van der Waals surface area contributed by atoms with Gasteiger partial charge in [0.1, 0.15) is 11.6 Å². The van der Waals surface area contributed by atoms with E-state index in [2.05, 4.69) is 9.97 Å². The molecule has 21 heavy (non-hydrogen) atoms. The summed E-state index contributed by atoms with van der Waals surface area (Å²) in [6, 6.07) is 8.24. The quantitative estimate of drug-likeness (QED) is 0.694. The molecular formula is C15H13ClFN3O. The normalized spacial score (nSPS) is 11.0. The maximum absolute atomic E-state index is 13.5. The van der Waals surface area contributed by atoms with Crippen molar-refractivity contribution in [3.8, 4) is 5.88 Å². The molecule has 2 aromatic heterocycles. The maximum atomic E-state index is 13.5. The van der Waals surface area contributed by atoms with Crippen LogP contribution >= 0.6 is 11.6 Å². The molecule has 0 bridgehead atoms. The molecule has 0 aliphatic rings. The molecule has 0 spiro atoms. The highest BCUT2D eigenvalue weighted by molar-refractivity contribution is 6.16. The highest BCUT2D eigenvalue weighted by Gasteiger charge is 2.11. The second kappa shape index (κ2) is 5.69. The van der Waals surface area contributed by atoms with Gasteiger partial charge in [0.15, 0.2) is 0 Å². The fraction of sp³-hybridized carbons (Fsp3) is 0.200. The van der Waals surface area contributed by atoms with Gasteiger partial charge in [0.05, 0.1) is 24.0 Å². The van der Waals surface area contributed by atoms with E-state index in [-0.39, 0.29) is 11.7 Å². The Morgan fingerprint density at radius 3 is 2.90 bits per heavy atom. The van der Waals surface area contributed by atoms with Crippen molar-refractivity contribution in [1.29, 1.82) is 0 Å². The van der Waals surface area contributed by atoms with Gasteiger partial charge in [-0.05, 0) is 29.8 Å². The van der Waals surface area contributed by atoms with Crippen LogP contribution < -0.4 is 4.74 Å². The van der Waals surface area contributed by atoms with Gasteiger partial charge >= 0.3 is 0 Å². The van der Waals surface area contributed by atoms with Gasteiger partial charge in [-0.25, -0.2) is 14.4 Å². The van der Waals surface area contributed by atoms with Gasteiger partial charge in [-0.1, -0.05) is 0 Å². The second-order valence-electron chi connectivity index (χ2n) is 4.59. The monoisotopic (exact) mass is 305 g/mol. The van der Waals surface area contributed by atoms with Gasteiger partial charge in [-0.15, -0.1) is 11.6 Å². The molecule has 3 rings (SSSR count). The summed E-state index contributed by atoms with van der Waals surface area (Å²) < 4.78 is 20.5. The summed E-state index contributed by atoms with van der Waals surface area (Å²) in [4.78, 5) is 8.50. The second-order valence-corrected chi connectivity index (χ2v) is 4.85. The highest BCUT2D eigenvalue weighted by atomic mass is 35.5. The smallest absolute Gasteiger partial charge is 0.213 e. The Hall–Kier alpha value is -2.14. The first-order valence-electron chi connectivity index (χ1n) is 6.41. The van der Waals surface area contributed by atoms with Crippen molar-refractivity contribution in [2.24, 2.45) is 0 Å². The zero-order valence-corrected chi connectivity index (χ0v) is 12.1. The summed E-state index contributed by atoms with van der Waals surface area (Å²) in [5.41, 5.74) is 2.44. The number of hydrogen-bond acceptors (Lipinski definition) is 3. The number of aromatic nitrogens is 3. The van der Waals surface area contributed by atoms with Crippen LogP contribution in [0, 0.1) is 5.82 Å². The number of methoxy groups -OCH3 is 1. The molecule has 108 valence electrons. The molecule has 0 saturated heterocycles. The Bertz CT molecular complexity index is 788. The molecule has 2 heterocycles. The van der Waals surface area contributed by atoms with Crippen LogP contribution in [0.4, 0.5) is 4.39 Å². The van der Waals surface area contributed by atoms with E-state index >= 15 is 0 Å². The Morgan fingerprint density at radius 1 is 1.29 bits per heavy atom. The van der Waals surface area contributed by atoms with Gasteiger partial charge in [0.2, 0.25) is 5.88 Å². The molecule has 3 aromatic rings. The van der Waals surface area contributed by atoms with Gasteiger partial charge in [-0.2, -0.15) is 0 Å². The molecule has 0 fully saturated rings. The molecule has 0 unspecified atom stereocenters. The van der Waals surface area contributed by atoms with E-state index in [1.807, 2.05) is 16.7 Å². The van der Waals surface area contributed by atoms with Crippen LogP contribution in [0.25, 0.3) is 11.0 Å². The lowest BCUT2D eigenvalue weighted by molar-refractivity contribution is 0.397. The van der Waals surface area contributed by atoms with Crippen molar-refractivity contribution in [3.63, 3.8) is 0 Å². The number of benzene rings is 1. The van der Waals surface area contributed by atoms with Crippen LogP contribution in [0.5, 0.6) is 5.88 Å². The number of alkyl halides is 1. The molecule has 1 aromatic carbocycles. The standard InChI is InChI=1S/C15H13ClFN3O/c1-21-15-6-10(4-5-18-15)9-20-13-7-11(17)2-3-12(13)19-14(20)8-16/h2-7H,8-9H2,1H3. The van der Waals surface area contributed by atoms with E-state index in [9.17, 15) is 4.39 Å². The summed E-state index contributed by atoms with van der Waals surface area (Å²) in [5.74, 6) is 1.21. The van der Waals surface area contributed by atoms with E-state index in [4.69, 9.17) is 16.3 Å². The number of imidazole rings is 1. The molecule has 0 N–H and O–H groups in total. The number of hydrogen-bond donors (Lipinski definition) is 0. The summed E-state index contributed by atoms with van der Waals surface area (Å²) in [6.07, 6.45) is 1.67. The number of rotatable bonds is 4. The van der Waals surface area contributed by atoms with E-state index in [0.29, 0.717) is 18.2 Å². The fourth-order valence-corrected chi connectivity index (χ4v) is 2.47. The van der Waals surface area contributed by atoms with E-state index in [1.165, 1.54) is 12.1 Å². The Labute approximate surface area is 126 Å². The average Bonchev–Trinajstić information content (AvgIpc) is 2.85. The molecule has 4 nitrogen and oxygen atoms in total. The van der Waals surface area contributed by atoms with Crippen LogP contribution in [-0.2, 0) is 12.4 Å². The maximum Gasteiger partial charge on any atom is 0.213 e. The zero-order valence-electron chi connectivity index (χ0n) is 11.4. The molecule has 0 amide bonds. The lowest BCUT2D eigenvalue weighted by Gasteiger charge is -2.09. The third kappa shape index (κ3) is 2.69. The van der Waals surface area contributed by atoms with Crippen LogP contribution in [0.2, 0.25) is 0 Å². The minimum atomic E-state index is -0.294. The first kappa shape index (κ1) is 13.8. The van der Waals surface area contributed by atoms with E-state index in [0.717, 1.165) is 16.6 Å². The molecule has 0 radical (unpaired) electrons. The number of ether oxygens (including phenoxy) is 1.